The molecule has 2 aromatic rings. The van der Waals surface area contributed by atoms with Gasteiger partial charge in [0.25, 0.3) is 10.2 Å². The van der Waals surface area contributed by atoms with Crippen molar-refractivity contribution in [2.24, 2.45) is 0 Å². The summed E-state index contributed by atoms with van der Waals surface area (Å²) in [6, 6.07) is 3.10. The zero-order chi connectivity index (χ0) is 17.5. The maximum absolute atomic E-state index is 13.9. The van der Waals surface area contributed by atoms with Gasteiger partial charge in [-0.05, 0) is 18.6 Å². The number of imidazole rings is 1. The van der Waals surface area contributed by atoms with E-state index in [1.807, 2.05) is 4.57 Å². The summed E-state index contributed by atoms with van der Waals surface area (Å²) in [6.45, 7) is 0.415. The molecule has 0 aliphatic carbocycles. The minimum atomic E-state index is -3.51. The van der Waals surface area contributed by atoms with Gasteiger partial charge < -0.3 is 4.57 Å². The second-order valence-corrected chi connectivity index (χ2v) is 7.88. The SMILES string of the molecule is CN(C)S(=O)(=O)NC1CCc2nc(-c3ccc(F)cc3F)cn2C1. The lowest BCUT2D eigenvalue weighted by molar-refractivity contribution is 0.407. The molecule has 1 aromatic carbocycles. The lowest BCUT2D eigenvalue weighted by Crippen LogP contribution is -2.45. The van der Waals surface area contributed by atoms with Crippen LogP contribution in [0.5, 0.6) is 0 Å². The average Bonchev–Trinajstić information content (AvgIpc) is 2.89. The third-order valence-corrected chi connectivity index (χ3v) is 5.59. The maximum Gasteiger partial charge on any atom is 0.279 e. The monoisotopic (exact) mass is 356 g/mol. The van der Waals surface area contributed by atoms with Gasteiger partial charge in [0.2, 0.25) is 0 Å². The quantitative estimate of drug-likeness (QED) is 0.904. The third-order valence-electron chi connectivity index (χ3n) is 4.00. The molecule has 2 heterocycles. The zero-order valence-corrected chi connectivity index (χ0v) is 14.1. The fraction of sp³-hybridized carbons (Fsp3) is 0.400. The Morgan fingerprint density at radius 3 is 2.75 bits per heavy atom. The molecular weight excluding hydrogens is 338 g/mol. The molecule has 0 saturated heterocycles. The smallest absolute Gasteiger partial charge is 0.279 e. The van der Waals surface area contributed by atoms with Crippen LogP contribution in [0.3, 0.4) is 0 Å². The van der Waals surface area contributed by atoms with Crippen molar-refractivity contribution < 1.29 is 17.2 Å². The van der Waals surface area contributed by atoms with E-state index in [1.165, 1.54) is 26.2 Å². The van der Waals surface area contributed by atoms with Gasteiger partial charge >= 0.3 is 0 Å². The van der Waals surface area contributed by atoms with Crippen LogP contribution in [0.1, 0.15) is 12.2 Å². The van der Waals surface area contributed by atoms with Gasteiger partial charge in [0.05, 0.1) is 5.69 Å². The van der Waals surface area contributed by atoms with E-state index < -0.39 is 21.8 Å². The lowest BCUT2D eigenvalue weighted by Gasteiger charge is -2.25. The Kier molecular flexibility index (Phi) is 4.41. The van der Waals surface area contributed by atoms with Crippen LogP contribution in [0.15, 0.2) is 24.4 Å². The molecule has 6 nitrogen and oxygen atoms in total. The summed E-state index contributed by atoms with van der Waals surface area (Å²) >= 11 is 0. The number of rotatable bonds is 4. The number of nitrogens with zero attached hydrogens (tertiary/aromatic N) is 3. The topological polar surface area (TPSA) is 67.2 Å². The summed E-state index contributed by atoms with van der Waals surface area (Å²) in [7, 11) is -0.586. The number of fused-ring (bicyclic) bond motifs is 1. The Labute approximate surface area is 139 Å². The number of halogens is 2. The molecule has 0 bridgehead atoms. The van der Waals surface area contributed by atoms with Crippen LogP contribution < -0.4 is 4.72 Å². The van der Waals surface area contributed by atoms with E-state index in [1.54, 1.807) is 6.20 Å². The summed E-state index contributed by atoms with van der Waals surface area (Å²) in [4.78, 5) is 4.39. The van der Waals surface area contributed by atoms with Crippen LogP contribution in [-0.4, -0.2) is 42.4 Å². The Morgan fingerprint density at radius 1 is 1.33 bits per heavy atom. The molecule has 1 atom stereocenters. The average molecular weight is 356 g/mol. The van der Waals surface area contributed by atoms with Crippen LogP contribution in [0, 0.1) is 11.6 Å². The summed E-state index contributed by atoms with van der Waals surface area (Å²) < 4.78 is 56.3. The van der Waals surface area contributed by atoms with E-state index in [0.717, 1.165) is 16.2 Å². The molecule has 24 heavy (non-hydrogen) atoms. The standard InChI is InChI=1S/C15H18F2N4O2S/c1-20(2)24(22,23)19-11-4-6-15-18-14(9-21(15)8-11)12-5-3-10(16)7-13(12)17/h3,5,7,9,11,19H,4,6,8H2,1-2H3. The third kappa shape index (κ3) is 3.33. The molecule has 0 amide bonds. The lowest BCUT2D eigenvalue weighted by atomic mass is 10.1. The number of hydrogen-bond donors (Lipinski definition) is 1. The predicted octanol–water partition coefficient (Wildman–Crippen LogP) is 1.54. The van der Waals surface area contributed by atoms with Gasteiger partial charge in [0.1, 0.15) is 17.5 Å². The normalized spacial score (nSPS) is 18.0. The zero-order valence-electron chi connectivity index (χ0n) is 13.3. The number of nitrogens with one attached hydrogen (secondary N) is 1. The summed E-state index contributed by atoms with van der Waals surface area (Å²) in [6.07, 6.45) is 2.85. The summed E-state index contributed by atoms with van der Waals surface area (Å²) in [5.41, 5.74) is 0.641. The highest BCUT2D eigenvalue weighted by atomic mass is 32.2. The molecule has 0 fully saturated rings. The van der Waals surface area contributed by atoms with Crippen molar-refractivity contribution in [3.8, 4) is 11.3 Å². The minimum absolute atomic E-state index is 0.226. The maximum atomic E-state index is 13.9. The van der Waals surface area contributed by atoms with Crippen LogP contribution in [0.4, 0.5) is 8.78 Å². The summed E-state index contributed by atoms with van der Waals surface area (Å²) in [5.74, 6) is -0.553. The molecular formula is C15H18F2N4O2S. The van der Waals surface area contributed by atoms with E-state index in [9.17, 15) is 17.2 Å². The van der Waals surface area contributed by atoms with Crippen molar-refractivity contribution in [1.82, 2.24) is 18.6 Å². The fourth-order valence-corrected chi connectivity index (χ4v) is 3.51. The minimum Gasteiger partial charge on any atom is -0.333 e. The molecule has 1 aliphatic rings. The van der Waals surface area contributed by atoms with Crippen LogP contribution in [0.2, 0.25) is 0 Å². The van der Waals surface area contributed by atoms with Gasteiger partial charge in [0.15, 0.2) is 0 Å². The van der Waals surface area contributed by atoms with Crippen molar-refractivity contribution in [2.75, 3.05) is 14.1 Å². The molecule has 1 unspecified atom stereocenters. The van der Waals surface area contributed by atoms with E-state index in [-0.39, 0.29) is 11.6 Å². The number of aromatic nitrogens is 2. The molecule has 9 heteroatoms. The van der Waals surface area contributed by atoms with Gasteiger partial charge in [-0.1, -0.05) is 0 Å². The first-order valence-electron chi connectivity index (χ1n) is 7.47. The molecule has 0 saturated carbocycles. The first-order chi connectivity index (χ1) is 11.3. The van der Waals surface area contributed by atoms with Crippen molar-refractivity contribution in [2.45, 2.75) is 25.4 Å². The fourth-order valence-electron chi connectivity index (χ4n) is 2.68. The number of benzene rings is 1. The van der Waals surface area contributed by atoms with E-state index >= 15 is 0 Å². The van der Waals surface area contributed by atoms with Crippen molar-refractivity contribution in [1.29, 1.82) is 0 Å². The Hall–Kier alpha value is -1.84. The van der Waals surface area contributed by atoms with Gasteiger partial charge in [-0.15, -0.1) is 0 Å². The van der Waals surface area contributed by atoms with E-state index in [4.69, 9.17) is 0 Å². The highest BCUT2D eigenvalue weighted by Gasteiger charge is 2.26. The number of hydrogen-bond acceptors (Lipinski definition) is 3. The molecule has 1 aromatic heterocycles. The summed E-state index contributed by atoms with van der Waals surface area (Å²) in [5, 5.41) is 0. The second kappa shape index (κ2) is 6.23. The van der Waals surface area contributed by atoms with Gasteiger partial charge in [-0.2, -0.15) is 17.4 Å². The highest BCUT2D eigenvalue weighted by Crippen LogP contribution is 2.25. The second-order valence-electron chi connectivity index (χ2n) is 5.96. The van der Waals surface area contributed by atoms with Gasteiger partial charge in [-0.3, -0.25) is 0 Å². The molecule has 0 radical (unpaired) electrons. The van der Waals surface area contributed by atoms with Crippen LogP contribution in [-0.2, 0) is 23.2 Å². The Balaban J connectivity index is 1.82. The molecule has 0 spiro atoms. The van der Waals surface area contributed by atoms with Gasteiger partial charge in [-0.25, -0.2) is 13.8 Å². The van der Waals surface area contributed by atoms with Crippen LogP contribution in [0.25, 0.3) is 11.3 Å². The Bertz CT molecular complexity index is 864. The van der Waals surface area contributed by atoms with Crippen molar-refractivity contribution in [3.63, 3.8) is 0 Å². The van der Waals surface area contributed by atoms with Crippen LogP contribution >= 0.6 is 0 Å². The Morgan fingerprint density at radius 2 is 2.08 bits per heavy atom. The molecule has 1 N–H and O–H groups in total. The highest BCUT2D eigenvalue weighted by molar-refractivity contribution is 7.87. The predicted molar refractivity (Wildman–Crippen MR) is 85.4 cm³/mol. The first kappa shape index (κ1) is 17.0. The van der Waals surface area contributed by atoms with E-state index in [2.05, 4.69) is 9.71 Å². The molecule has 1 aliphatic heterocycles. The van der Waals surface area contributed by atoms with E-state index in [0.29, 0.717) is 25.1 Å². The first-order valence-corrected chi connectivity index (χ1v) is 8.91. The molecule has 130 valence electrons. The largest absolute Gasteiger partial charge is 0.333 e. The van der Waals surface area contributed by atoms with Crippen molar-refractivity contribution >= 4 is 10.2 Å². The number of aryl methyl sites for hydroxylation is 1. The van der Waals surface area contributed by atoms with Gasteiger partial charge in [0, 0.05) is 50.9 Å². The molecule has 3 rings (SSSR count). The van der Waals surface area contributed by atoms with Crippen molar-refractivity contribution in [3.05, 3.63) is 41.9 Å².